The topological polar surface area (TPSA) is 47.9 Å². The highest BCUT2D eigenvalue weighted by atomic mass is 35.5. The van der Waals surface area contributed by atoms with E-state index in [9.17, 15) is 0 Å². The summed E-state index contributed by atoms with van der Waals surface area (Å²) in [6.45, 7) is 8.75. The summed E-state index contributed by atoms with van der Waals surface area (Å²) >= 11 is 6.23. The number of pyridine rings is 1. The molecule has 0 radical (unpaired) electrons. The summed E-state index contributed by atoms with van der Waals surface area (Å²) in [5, 5.41) is 0.489. The molecule has 0 atom stereocenters. The average Bonchev–Trinajstić information content (AvgIpc) is 2.47. The molecule has 21 heavy (non-hydrogen) atoms. The number of nitrogens with zero attached hydrogens (tertiary/aromatic N) is 3. The van der Waals surface area contributed by atoms with Gasteiger partial charge in [0.1, 0.15) is 16.7 Å². The molecule has 0 aliphatic carbocycles. The fraction of sp³-hybridized carbons (Fsp3) is 0.438. The van der Waals surface area contributed by atoms with Crippen LogP contribution in [0.1, 0.15) is 44.5 Å². The van der Waals surface area contributed by atoms with Gasteiger partial charge < -0.3 is 4.74 Å². The van der Waals surface area contributed by atoms with E-state index in [4.69, 9.17) is 16.3 Å². The Morgan fingerprint density at radius 3 is 2.67 bits per heavy atom. The quantitative estimate of drug-likeness (QED) is 0.768. The number of ether oxygens (including phenoxy) is 1. The summed E-state index contributed by atoms with van der Waals surface area (Å²) in [5.74, 6) is 1.70. The van der Waals surface area contributed by atoms with Crippen molar-refractivity contribution in [3.63, 3.8) is 0 Å². The van der Waals surface area contributed by atoms with Crippen LogP contribution in [0.25, 0.3) is 11.3 Å². The highest BCUT2D eigenvalue weighted by Crippen LogP contribution is 2.29. The molecule has 2 aromatic heterocycles. The maximum absolute atomic E-state index is 6.23. The normalized spacial score (nSPS) is 11.0. The molecular formula is C16H20ClN3O. The fourth-order valence-corrected chi connectivity index (χ4v) is 2.07. The van der Waals surface area contributed by atoms with Crippen molar-refractivity contribution in [1.29, 1.82) is 0 Å². The van der Waals surface area contributed by atoms with Gasteiger partial charge in [-0.05, 0) is 19.4 Å². The highest BCUT2D eigenvalue weighted by Gasteiger charge is 2.14. The van der Waals surface area contributed by atoms with Gasteiger partial charge in [0.2, 0.25) is 0 Å². The molecule has 0 spiro atoms. The standard InChI is InChI=1S/C16H20ClN3O/c1-5-6-21-13-7-12(8-18-9-13)14-11(4)15(17)20-16(19-14)10(2)3/h7-10H,5-6H2,1-4H3. The summed E-state index contributed by atoms with van der Waals surface area (Å²) in [6, 6.07) is 1.94. The number of aromatic nitrogens is 3. The maximum atomic E-state index is 6.23. The number of halogens is 1. The van der Waals surface area contributed by atoms with Gasteiger partial charge in [0.15, 0.2) is 0 Å². The molecule has 0 saturated carbocycles. The molecule has 0 fully saturated rings. The molecule has 0 amide bonds. The van der Waals surface area contributed by atoms with Crippen LogP contribution in [0.3, 0.4) is 0 Å². The smallest absolute Gasteiger partial charge is 0.138 e. The third-order valence-electron chi connectivity index (χ3n) is 3.08. The zero-order valence-electron chi connectivity index (χ0n) is 12.9. The minimum absolute atomic E-state index is 0.217. The predicted octanol–water partition coefficient (Wildman–Crippen LogP) is 4.41. The second-order valence-corrected chi connectivity index (χ2v) is 5.62. The second-order valence-electron chi connectivity index (χ2n) is 5.26. The Morgan fingerprint density at radius 2 is 2.00 bits per heavy atom. The number of rotatable bonds is 5. The van der Waals surface area contributed by atoms with Gasteiger partial charge in [0, 0.05) is 23.2 Å². The lowest BCUT2D eigenvalue weighted by Crippen LogP contribution is -2.03. The first-order valence-electron chi connectivity index (χ1n) is 7.15. The van der Waals surface area contributed by atoms with Crippen molar-refractivity contribution >= 4 is 11.6 Å². The van der Waals surface area contributed by atoms with E-state index in [0.29, 0.717) is 11.8 Å². The van der Waals surface area contributed by atoms with Crippen LogP contribution in [0, 0.1) is 6.92 Å². The Balaban J connectivity index is 2.45. The van der Waals surface area contributed by atoms with Gasteiger partial charge in [-0.25, -0.2) is 9.97 Å². The Hall–Kier alpha value is -1.68. The van der Waals surface area contributed by atoms with Crippen molar-refractivity contribution in [2.45, 2.75) is 40.0 Å². The van der Waals surface area contributed by atoms with Crippen LogP contribution in [0.5, 0.6) is 5.75 Å². The second kappa shape index (κ2) is 6.85. The molecule has 5 heteroatoms. The first kappa shape index (κ1) is 15.7. The Bertz CT molecular complexity index is 629. The number of hydrogen-bond donors (Lipinski definition) is 0. The lowest BCUT2D eigenvalue weighted by molar-refractivity contribution is 0.316. The lowest BCUT2D eigenvalue weighted by atomic mass is 10.1. The molecule has 0 aromatic carbocycles. The molecule has 2 heterocycles. The lowest BCUT2D eigenvalue weighted by Gasteiger charge is -2.12. The molecule has 0 unspecified atom stereocenters. The fourth-order valence-electron chi connectivity index (χ4n) is 1.89. The van der Waals surface area contributed by atoms with Gasteiger partial charge in [-0.15, -0.1) is 0 Å². The zero-order chi connectivity index (χ0) is 15.4. The van der Waals surface area contributed by atoms with Crippen LogP contribution >= 0.6 is 11.6 Å². The van der Waals surface area contributed by atoms with Gasteiger partial charge in [0.05, 0.1) is 18.5 Å². The summed E-state index contributed by atoms with van der Waals surface area (Å²) in [5.41, 5.74) is 2.57. The summed E-state index contributed by atoms with van der Waals surface area (Å²) in [6.07, 6.45) is 4.44. The Labute approximate surface area is 130 Å². The first-order valence-corrected chi connectivity index (χ1v) is 7.53. The molecule has 0 N–H and O–H groups in total. The summed E-state index contributed by atoms with van der Waals surface area (Å²) in [7, 11) is 0. The van der Waals surface area contributed by atoms with Gasteiger partial charge in [0.25, 0.3) is 0 Å². The van der Waals surface area contributed by atoms with E-state index in [1.54, 1.807) is 12.4 Å². The Kier molecular flexibility index (Phi) is 5.12. The van der Waals surface area contributed by atoms with Crippen LogP contribution < -0.4 is 4.74 Å². The van der Waals surface area contributed by atoms with Crippen LogP contribution in [-0.2, 0) is 0 Å². The molecule has 4 nitrogen and oxygen atoms in total. The SMILES string of the molecule is CCCOc1cncc(-c2nc(C(C)C)nc(Cl)c2C)c1. The van der Waals surface area contributed by atoms with Crippen LogP contribution in [0.2, 0.25) is 5.15 Å². The van der Waals surface area contributed by atoms with Gasteiger partial charge >= 0.3 is 0 Å². The molecular weight excluding hydrogens is 286 g/mol. The Morgan fingerprint density at radius 1 is 1.24 bits per heavy atom. The van der Waals surface area contributed by atoms with Gasteiger partial charge in [-0.2, -0.15) is 0 Å². The zero-order valence-corrected chi connectivity index (χ0v) is 13.6. The molecule has 2 rings (SSSR count). The van der Waals surface area contributed by atoms with E-state index in [2.05, 4.69) is 21.9 Å². The minimum atomic E-state index is 0.217. The van der Waals surface area contributed by atoms with Crippen molar-refractivity contribution in [3.05, 3.63) is 35.0 Å². The summed E-state index contributed by atoms with van der Waals surface area (Å²) < 4.78 is 5.63. The maximum Gasteiger partial charge on any atom is 0.138 e. The molecule has 0 aliphatic rings. The first-order chi connectivity index (χ1) is 10.0. The van der Waals surface area contributed by atoms with Crippen LogP contribution in [0.15, 0.2) is 18.5 Å². The van der Waals surface area contributed by atoms with E-state index in [-0.39, 0.29) is 5.92 Å². The van der Waals surface area contributed by atoms with Crippen molar-refractivity contribution in [1.82, 2.24) is 15.0 Å². The van der Waals surface area contributed by atoms with E-state index in [0.717, 1.165) is 34.8 Å². The molecule has 112 valence electrons. The van der Waals surface area contributed by atoms with E-state index in [1.807, 2.05) is 26.8 Å². The molecule has 0 aliphatic heterocycles. The number of hydrogen-bond acceptors (Lipinski definition) is 4. The van der Waals surface area contributed by atoms with Crippen molar-refractivity contribution in [2.24, 2.45) is 0 Å². The van der Waals surface area contributed by atoms with Gasteiger partial charge in [-0.3, -0.25) is 4.98 Å². The van der Waals surface area contributed by atoms with Gasteiger partial charge in [-0.1, -0.05) is 32.4 Å². The average molecular weight is 306 g/mol. The van der Waals surface area contributed by atoms with Crippen molar-refractivity contribution in [2.75, 3.05) is 6.61 Å². The summed E-state index contributed by atoms with van der Waals surface area (Å²) in [4.78, 5) is 13.2. The largest absolute Gasteiger partial charge is 0.492 e. The molecule has 2 aromatic rings. The third kappa shape index (κ3) is 3.70. The molecule has 0 saturated heterocycles. The van der Waals surface area contributed by atoms with Crippen LogP contribution in [-0.4, -0.2) is 21.6 Å². The van der Waals surface area contributed by atoms with E-state index >= 15 is 0 Å². The van der Waals surface area contributed by atoms with E-state index < -0.39 is 0 Å². The van der Waals surface area contributed by atoms with Crippen molar-refractivity contribution < 1.29 is 4.74 Å². The third-order valence-corrected chi connectivity index (χ3v) is 3.45. The van der Waals surface area contributed by atoms with Crippen LogP contribution in [0.4, 0.5) is 0 Å². The monoisotopic (exact) mass is 305 g/mol. The predicted molar refractivity (Wildman–Crippen MR) is 84.9 cm³/mol. The highest BCUT2D eigenvalue weighted by molar-refractivity contribution is 6.30. The van der Waals surface area contributed by atoms with Crippen molar-refractivity contribution in [3.8, 4) is 17.0 Å². The minimum Gasteiger partial charge on any atom is -0.492 e. The molecule has 0 bridgehead atoms. The van der Waals surface area contributed by atoms with E-state index in [1.165, 1.54) is 0 Å².